The van der Waals surface area contributed by atoms with E-state index in [-0.39, 0.29) is 0 Å². The molecule has 0 spiro atoms. The van der Waals surface area contributed by atoms with Gasteiger partial charge in [-0.05, 0) is 52.8 Å². The molecule has 1 aliphatic heterocycles. The van der Waals surface area contributed by atoms with Crippen LogP contribution in [0.1, 0.15) is 33.6 Å². The first-order chi connectivity index (χ1) is 6.20. The monoisotopic (exact) mass is 179 g/mol. The second kappa shape index (κ2) is 4.61. The molecule has 0 radical (unpaired) electrons. The summed E-state index contributed by atoms with van der Waals surface area (Å²) in [7, 11) is 2.23. The highest BCUT2D eigenvalue weighted by atomic mass is 15.1. The Kier molecular flexibility index (Phi) is 3.73. The van der Waals surface area contributed by atoms with E-state index in [1.165, 1.54) is 30.5 Å². The van der Waals surface area contributed by atoms with Crippen molar-refractivity contribution in [1.29, 1.82) is 0 Å². The van der Waals surface area contributed by atoms with Crippen LogP contribution in [0.3, 0.4) is 0 Å². The molecule has 0 saturated carbocycles. The summed E-state index contributed by atoms with van der Waals surface area (Å²) in [6.07, 6.45) is 7.14. The molecule has 1 aliphatic rings. The van der Waals surface area contributed by atoms with Crippen LogP contribution >= 0.6 is 0 Å². The van der Waals surface area contributed by atoms with Crippen molar-refractivity contribution < 1.29 is 0 Å². The van der Waals surface area contributed by atoms with Crippen molar-refractivity contribution in [1.82, 2.24) is 4.90 Å². The summed E-state index contributed by atoms with van der Waals surface area (Å²) in [5.74, 6) is 0. The number of likely N-dealkylation sites (N-methyl/N-ethyl adjacent to an activating group) is 1. The van der Waals surface area contributed by atoms with E-state index in [9.17, 15) is 0 Å². The number of allylic oxidation sites excluding steroid dienone is 2. The third-order valence-corrected chi connectivity index (χ3v) is 3.08. The highest BCUT2D eigenvalue weighted by Crippen LogP contribution is 2.26. The van der Waals surface area contributed by atoms with Crippen LogP contribution < -0.4 is 0 Å². The molecule has 0 aromatic carbocycles. The summed E-state index contributed by atoms with van der Waals surface area (Å²) < 4.78 is 0. The van der Waals surface area contributed by atoms with Gasteiger partial charge < -0.3 is 0 Å². The van der Waals surface area contributed by atoms with E-state index in [4.69, 9.17) is 0 Å². The van der Waals surface area contributed by atoms with Gasteiger partial charge in [0.2, 0.25) is 0 Å². The molecule has 74 valence electrons. The fourth-order valence-corrected chi connectivity index (χ4v) is 2.15. The number of hydrogen-bond acceptors (Lipinski definition) is 1. The van der Waals surface area contributed by atoms with Crippen molar-refractivity contribution in [3.63, 3.8) is 0 Å². The van der Waals surface area contributed by atoms with Crippen LogP contribution in [-0.2, 0) is 0 Å². The molecule has 0 aromatic rings. The minimum Gasteiger partial charge on any atom is -0.299 e. The third-order valence-electron chi connectivity index (χ3n) is 3.08. The van der Waals surface area contributed by atoms with Gasteiger partial charge in [0.1, 0.15) is 0 Å². The van der Waals surface area contributed by atoms with Crippen LogP contribution in [0.4, 0.5) is 0 Å². The fraction of sp³-hybridized carbons (Fsp3) is 0.667. The van der Waals surface area contributed by atoms with Gasteiger partial charge in [-0.15, -0.1) is 0 Å². The van der Waals surface area contributed by atoms with Gasteiger partial charge in [0, 0.05) is 6.04 Å². The molecule has 0 N–H and O–H groups in total. The highest BCUT2D eigenvalue weighted by Gasteiger charge is 2.24. The topological polar surface area (TPSA) is 3.24 Å². The number of likely N-dealkylation sites (tertiary alicyclic amines) is 1. The molecular weight excluding hydrogens is 158 g/mol. The van der Waals surface area contributed by atoms with Gasteiger partial charge in [0.15, 0.2) is 0 Å². The van der Waals surface area contributed by atoms with Crippen LogP contribution in [0.2, 0.25) is 0 Å². The van der Waals surface area contributed by atoms with Crippen LogP contribution in [0.5, 0.6) is 0 Å². The van der Waals surface area contributed by atoms with Crippen LogP contribution in [0.25, 0.3) is 0 Å². The Morgan fingerprint density at radius 2 is 2.00 bits per heavy atom. The fourth-order valence-electron chi connectivity index (χ4n) is 2.15. The van der Waals surface area contributed by atoms with E-state index in [0.717, 1.165) is 0 Å². The van der Waals surface area contributed by atoms with Gasteiger partial charge in [-0.25, -0.2) is 0 Å². The summed E-state index contributed by atoms with van der Waals surface area (Å²) in [6, 6.07) is 0.668. The summed E-state index contributed by atoms with van der Waals surface area (Å²) in [5.41, 5.74) is 2.95. The van der Waals surface area contributed by atoms with Crippen LogP contribution in [0, 0.1) is 0 Å². The molecule has 0 amide bonds. The largest absolute Gasteiger partial charge is 0.299 e. The smallest absolute Gasteiger partial charge is 0.0344 e. The molecule has 1 nitrogen and oxygen atoms in total. The average molecular weight is 179 g/mol. The maximum Gasteiger partial charge on any atom is 0.0344 e. The lowest BCUT2D eigenvalue weighted by molar-refractivity contribution is 0.346. The Balaban J connectivity index is 2.78. The zero-order valence-electron chi connectivity index (χ0n) is 9.30. The molecule has 1 fully saturated rings. The van der Waals surface area contributed by atoms with Crippen LogP contribution in [-0.4, -0.2) is 24.5 Å². The van der Waals surface area contributed by atoms with E-state index in [1.807, 2.05) is 0 Å². The summed E-state index contributed by atoms with van der Waals surface area (Å²) in [6.45, 7) is 7.72. The van der Waals surface area contributed by atoms with Crippen molar-refractivity contribution in [2.24, 2.45) is 0 Å². The molecule has 1 heterocycles. The van der Waals surface area contributed by atoms with Gasteiger partial charge in [-0.1, -0.05) is 17.7 Å². The minimum atomic E-state index is 0.668. The summed E-state index contributed by atoms with van der Waals surface area (Å²) in [4.78, 5) is 2.46. The van der Waals surface area contributed by atoms with Gasteiger partial charge in [0.25, 0.3) is 0 Å². The maximum atomic E-state index is 2.46. The Hall–Kier alpha value is -0.560. The Morgan fingerprint density at radius 1 is 1.31 bits per heavy atom. The molecule has 13 heavy (non-hydrogen) atoms. The first kappa shape index (κ1) is 10.5. The standard InChI is InChI=1S/C12H21N/c1-5-10(3)11(6-2)12-8-7-9-13(12)4/h5-6,12H,7-9H2,1-4H3/b10-5-,11-6+. The predicted octanol–water partition coefficient (Wildman–Crippen LogP) is 2.99. The second-order valence-corrected chi connectivity index (χ2v) is 3.85. The first-order valence-electron chi connectivity index (χ1n) is 5.20. The van der Waals surface area contributed by atoms with E-state index in [2.05, 4.69) is 44.9 Å². The number of hydrogen-bond donors (Lipinski definition) is 0. The third kappa shape index (κ3) is 2.22. The normalized spacial score (nSPS) is 26.9. The lowest BCUT2D eigenvalue weighted by Crippen LogP contribution is -2.27. The number of nitrogens with zero attached hydrogens (tertiary/aromatic N) is 1. The van der Waals surface area contributed by atoms with Gasteiger partial charge in [-0.3, -0.25) is 4.90 Å². The highest BCUT2D eigenvalue weighted by molar-refractivity contribution is 5.33. The van der Waals surface area contributed by atoms with Gasteiger partial charge >= 0.3 is 0 Å². The molecule has 0 bridgehead atoms. The van der Waals surface area contributed by atoms with E-state index in [0.29, 0.717) is 6.04 Å². The van der Waals surface area contributed by atoms with E-state index in [1.54, 1.807) is 0 Å². The molecule has 1 rings (SSSR count). The first-order valence-corrected chi connectivity index (χ1v) is 5.20. The second-order valence-electron chi connectivity index (χ2n) is 3.85. The van der Waals surface area contributed by atoms with Gasteiger partial charge in [-0.2, -0.15) is 0 Å². The lowest BCUT2D eigenvalue weighted by Gasteiger charge is -2.23. The molecular formula is C12H21N. The van der Waals surface area contributed by atoms with Crippen molar-refractivity contribution in [3.8, 4) is 0 Å². The SMILES string of the molecule is C/C=C(C)\C(=C/C)C1CCCN1C. The van der Waals surface area contributed by atoms with Crippen molar-refractivity contribution in [2.75, 3.05) is 13.6 Å². The molecule has 0 aliphatic carbocycles. The molecule has 1 unspecified atom stereocenters. The van der Waals surface area contributed by atoms with Gasteiger partial charge in [0.05, 0.1) is 0 Å². The van der Waals surface area contributed by atoms with Crippen molar-refractivity contribution in [3.05, 3.63) is 23.3 Å². The molecule has 1 saturated heterocycles. The lowest BCUT2D eigenvalue weighted by atomic mass is 9.97. The Morgan fingerprint density at radius 3 is 2.38 bits per heavy atom. The predicted molar refractivity (Wildman–Crippen MR) is 58.8 cm³/mol. The Bertz CT molecular complexity index is 225. The Labute approximate surface area is 82.1 Å². The molecule has 1 atom stereocenters. The minimum absolute atomic E-state index is 0.668. The molecule has 0 aromatic heterocycles. The maximum absolute atomic E-state index is 2.46. The van der Waals surface area contributed by atoms with Crippen molar-refractivity contribution in [2.45, 2.75) is 39.7 Å². The zero-order valence-corrected chi connectivity index (χ0v) is 9.30. The van der Waals surface area contributed by atoms with Crippen LogP contribution in [0.15, 0.2) is 23.3 Å². The summed E-state index contributed by atoms with van der Waals surface area (Å²) in [5, 5.41) is 0. The molecule has 1 heteroatoms. The van der Waals surface area contributed by atoms with E-state index < -0.39 is 0 Å². The quantitative estimate of drug-likeness (QED) is 0.589. The average Bonchev–Trinajstić information content (AvgIpc) is 2.53. The van der Waals surface area contributed by atoms with Crippen molar-refractivity contribution >= 4 is 0 Å². The zero-order chi connectivity index (χ0) is 9.84. The van der Waals surface area contributed by atoms with E-state index >= 15 is 0 Å². The summed E-state index contributed by atoms with van der Waals surface area (Å²) >= 11 is 0. The number of rotatable bonds is 2.